The van der Waals surface area contributed by atoms with Gasteiger partial charge < -0.3 is 15.4 Å². The van der Waals surface area contributed by atoms with Crippen LogP contribution in [0.1, 0.15) is 17.3 Å². The molecule has 0 atom stereocenters. The Kier molecular flexibility index (Phi) is 5.37. The fraction of sp³-hybridized carbons (Fsp3) is 0.111. The minimum absolute atomic E-state index is 0.176. The Hall–Kier alpha value is -3.26. The van der Waals surface area contributed by atoms with E-state index in [2.05, 4.69) is 16.6 Å². The molecule has 2 rings (SSSR count). The Labute approximate surface area is 134 Å². The lowest BCUT2D eigenvalue weighted by atomic mass is 10.2. The van der Waals surface area contributed by atoms with Crippen molar-refractivity contribution in [2.45, 2.75) is 6.92 Å². The zero-order valence-electron chi connectivity index (χ0n) is 12.6. The number of hydrogen-bond acceptors (Lipinski definition) is 3. The highest BCUT2D eigenvalue weighted by Crippen LogP contribution is 2.22. The highest BCUT2D eigenvalue weighted by Gasteiger charge is 2.09. The number of terminal acetylenes is 1. The van der Waals surface area contributed by atoms with Crippen LogP contribution in [-0.2, 0) is 4.79 Å². The summed E-state index contributed by atoms with van der Waals surface area (Å²) in [5.41, 5.74) is 1.54. The second-order valence-corrected chi connectivity index (χ2v) is 4.70. The predicted octanol–water partition coefficient (Wildman–Crippen LogP) is 2.91. The van der Waals surface area contributed by atoms with E-state index >= 15 is 0 Å². The van der Waals surface area contributed by atoms with Crippen LogP contribution in [0.4, 0.5) is 11.4 Å². The van der Waals surface area contributed by atoms with Gasteiger partial charge in [0.25, 0.3) is 5.91 Å². The van der Waals surface area contributed by atoms with Crippen molar-refractivity contribution >= 4 is 23.2 Å². The maximum atomic E-state index is 12.3. The first-order valence-electron chi connectivity index (χ1n) is 6.94. The SMILES string of the molecule is C#CCOc1ccc(C(=O)Nc2ccccc2NC(C)=O)cc1. The highest BCUT2D eigenvalue weighted by atomic mass is 16.5. The zero-order valence-corrected chi connectivity index (χ0v) is 12.6. The molecule has 0 aliphatic carbocycles. The average Bonchev–Trinajstić information content (AvgIpc) is 2.54. The van der Waals surface area contributed by atoms with Crippen molar-refractivity contribution in [1.29, 1.82) is 0 Å². The van der Waals surface area contributed by atoms with Crippen LogP contribution in [0.25, 0.3) is 0 Å². The van der Waals surface area contributed by atoms with Crippen molar-refractivity contribution in [2.24, 2.45) is 0 Å². The fourth-order valence-electron chi connectivity index (χ4n) is 1.91. The summed E-state index contributed by atoms with van der Waals surface area (Å²) in [6, 6.07) is 13.6. The van der Waals surface area contributed by atoms with Crippen LogP contribution in [0.15, 0.2) is 48.5 Å². The average molecular weight is 308 g/mol. The maximum absolute atomic E-state index is 12.3. The van der Waals surface area contributed by atoms with Crippen molar-refractivity contribution in [3.05, 3.63) is 54.1 Å². The summed E-state index contributed by atoms with van der Waals surface area (Å²) in [4.78, 5) is 23.5. The molecule has 2 amide bonds. The minimum atomic E-state index is -0.286. The summed E-state index contributed by atoms with van der Waals surface area (Å²) >= 11 is 0. The van der Waals surface area contributed by atoms with Gasteiger partial charge in [0.2, 0.25) is 5.91 Å². The van der Waals surface area contributed by atoms with Crippen LogP contribution in [0, 0.1) is 12.3 Å². The van der Waals surface area contributed by atoms with Gasteiger partial charge in [0.1, 0.15) is 12.4 Å². The van der Waals surface area contributed by atoms with Crippen LogP contribution in [-0.4, -0.2) is 18.4 Å². The van der Waals surface area contributed by atoms with E-state index in [1.807, 2.05) is 0 Å². The third-order valence-electron chi connectivity index (χ3n) is 2.92. The smallest absolute Gasteiger partial charge is 0.255 e. The van der Waals surface area contributed by atoms with Crippen molar-refractivity contribution in [3.8, 4) is 18.1 Å². The predicted molar refractivity (Wildman–Crippen MR) is 89.5 cm³/mol. The number of carbonyl (C=O) groups is 2. The first-order valence-corrected chi connectivity index (χ1v) is 6.94. The van der Waals surface area contributed by atoms with Crippen molar-refractivity contribution in [1.82, 2.24) is 0 Å². The van der Waals surface area contributed by atoms with Crippen molar-refractivity contribution in [3.63, 3.8) is 0 Å². The largest absolute Gasteiger partial charge is 0.481 e. The lowest BCUT2D eigenvalue weighted by Crippen LogP contribution is -2.15. The molecular weight excluding hydrogens is 292 g/mol. The topological polar surface area (TPSA) is 67.4 Å². The first-order chi connectivity index (χ1) is 11.1. The van der Waals surface area contributed by atoms with Crippen LogP contribution in [0.5, 0.6) is 5.75 Å². The van der Waals surface area contributed by atoms with Gasteiger partial charge in [-0.1, -0.05) is 18.1 Å². The van der Waals surface area contributed by atoms with Gasteiger partial charge in [-0.15, -0.1) is 6.42 Å². The van der Waals surface area contributed by atoms with Gasteiger partial charge in [0.15, 0.2) is 0 Å². The summed E-state index contributed by atoms with van der Waals surface area (Å²) in [5.74, 6) is 2.47. The number of ether oxygens (including phenoxy) is 1. The van der Waals surface area contributed by atoms with E-state index in [1.54, 1.807) is 48.5 Å². The van der Waals surface area contributed by atoms with Crippen LogP contribution in [0.2, 0.25) is 0 Å². The molecule has 2 aromatic carbocycles. The Morgan fingerprint density at radius 2 is 1.65 bits per heavy atom. The molecule has 5 heteroatoms. The molecule has 0 radical (unpaired) electrons. The molecule has 2 N–H and O–H groups in total. The second-order valence-electron chi connectivity index (χ2n) is 4.70. The third-order valence-corrected chi connectivity index (χ3v) is 2.92. The van der Waals surface area contributed by atoms with E-state index < -0.39 is 0 Å². The second kappa shape index (κ2) is 7.66. The molecule has 0 fully saturated rings. The Morgan fingerprint density at radius 3 is 2.22 bits per heavy atom. The Bertz CT molecular complexity index is 746. The van der Waals surface area contributed by atoms with Gasteiger partial charge in [-0.3, -0.25) is 9.59 Å². The number of benzene rings is 2. The van der Waals surface area contributed by atoms with Crippen molar-refractivity contribution < 1.29 is 14.3 Å². The molecule has 5 nitrogen and oxygen atoms in total. The number of nitrogens with one attached hydrogen (secondary N) is 2. The van der Waals surface area contributed by atoms with E-state index in [4.69, 9.17) is 11.2 Å². The quantitative estimate of drug-likeness (QED) is 0.835. The number of anilines is 2. The number of amides is 2. The van der Waals surface area contributed by atoms with Gasteiger partial charge in [0, 0.05) is 12.5 Å². The van der Waals surface area contributed by atoms with Gasteiger partial charge >= 0.3 is 0 Å². The lowest BCUT2D eigenvalue weighted by Gasteiger charge is -2.11. The molecule has 0 saturated carbocycles. The Balaban J connectivity index is 2.10. The molecule has 0 aliphatic heterocycles. The molecule has 116 valence electrons. The molecule has 0 aromatic heterocycles. The molecule has 0 saturated heterocycles. The van der Waals surface area contributed by atoms with E-state index in [-0.39, 0.29) is 18.4 Å². The minimum Gasteiger partial charge on any atom is -0.481 e. The molecule has 0 spiro atoms. The normalized spacial score (nSPS) is 9.57. The Morgan fingerprint density at radius 1 is 1.04 bits per heavy atom. The van der Waals surface area contributed by atoms with Gasteiger partial charge in [-0.25, -0.2) is 0 Å². The molecule has 0 unspecified atom stereocenters. The third kappa shape index (κ3) is 4.61. The summed E-state index contributed by atoms with van der Waals surface area (Å²) < 4.78 is 5.26. The number of hydrogen-bond donors (Lipinski definition) is 2. The van der Waals surface area contributed by atoms with Crippen LogP contribution in [0.3, 0.4) is 0 Å². The zero-order chi connectivity index (χ0) is 16.7. The van der Waals surface area contributed by atoms with E-state index in [0.717, 1.165) is 0 Å². The number of carbonyl (C=O) groups excluding carboxylic acids is 2. The molecule has 0 bridgehead atoms. The van der Waals surface area contributed by atoms with E-state index in [1.165, 1.54) is 6.92 Å². The van der Waals surface area contributed by atoms with Gasteiger partial charge in [0.05, 0.1) is 11.4 Å². The van der Waals surface area contributed by atoms with Crippen LogP contribution < -0.4 is 15.4 Å². The monoisotopic (exact) mass is 308 g/mol. The molecule has 2 aromatic rings. The van der Waals surface area contributed by atoms with Crippen LogP contribution >= 0.6 is 0 Å². The van der Waals surface area contributed by atoms with Gasteiger partial charge in [-0.2, -0.15) is 0 Å². The summed E-state index contributed by atoms with van der Waals surface area (Å²) in [6.45, 7) is 1.59. The molecule has 23 heavy (non-hydrogen) atoms. The van der Waals surface area contributed by atoms with Gasteiger partial charge in [-0.05, 0) is 36.4 Å². The van der Waals surface area contributed by atoms with Crippen molar-refractivity contribution in [2.75, 3.05) is 17.2 Å². The van der Waals surface area contributed by atoms with E-state index in [9.17, 15) is 9.59 Å². The summed E-state index contributed by atoms with van der Waals surface area (Å²) in [6.07, 6.45) is 5.12. The summed E-state index contributed by atoms with van der Waals surface area (Å²) in [5, 5.41) is 5.44. The number of rotatable bonds is 5. The number of para-hydroxylation sites is 2. The lowest BCUT2D eigenvalue weighted by molar-refractivity contribution is -0.114. The highest BCUT2D eigenvalue weighted by molar-refractivity contribution is 6.07. The molecule has 0 heterocycles. The van der Waals surface area contributed by atoms with E-state index in [0.29, 0.717) is 22.7 Å². The standard InChI is InChI=1S/C18H16N2O3/c1-3-12-23-15-10-8-14(9-11-15)18(22)20-17-7-5-4-6-16(17)19-13(2)21/h1,4-11H,12H2,2H3,(H,19,21)(H,20,22). The maximum Gasteiger partial charge on any atom is 0.255 e. The molecule has 0 aliphatic rings. The molecular formula is C18H16N2O3. The summed E-state index contributed by atoms with van der Waals surface area (Å²) in [7, 11) is 0. The first kappa shape index (κ1) is 16.1. The fourth-order valence-corrected chi connectivity index (χ4v) is 1.91.